The molecule has 2 aromatic carbocycles. The molecule has 0 unspecified atom stereocenters. The van der Waals surface area contributed by atoms with E-state index in [0.717, 1.165) is 17.0 Å². The Kier molecular flexibility index (Phi) is 24.0. The number of aromatic nitrogens is 1. The van der Waals surface area contributed by atoms with Crippen molar-refractivity contribution in [1.29, 1.82) is 0 Å². The van der Waals surface area contributed by atoms with E-state index in [0.29, 0.717) is 0 Å². The molecule has 3 rings (SSSR count). The zero-order chi connectivity index (χ0) is 27.8. The van der Waals surface area contributed by atoms with Crippen LogP contribution in [0.2, 0.25) is 0 Å². The van der Waals surface area contributed by atoms with Crippen molar-refractivity contribution in [2.45, 2.75) is 62.3 Å². The summed E-state index contributed by atoms with van der Waals surface area (Å²) in [5.74, 6) is 0.167. The van der Waals surface area contributed by atoms with Crippen LogP contribution in [0.1, 0.15) is 62.4 Å². The first kappa shape index (κ1) is 35.9. The lowest BCUT2D eigenvalue weighted by atomic mass is 10.1. The molecule has 0 aliphatic heterocycles. The van der Waals surface area contributed by atoms with E-state index in [1.807, 2.05) is 53.5 Å². The van der Waals surface area contributed by atoms with Crippen molar-refractivity contribution < 1.29 is 14.4 Å². The van der Waals surface area contributed by atoms with Gasteiger partial charge in [0.25, 0.3) is 0 Å². The summed E-state index contributed by atoms with van der Waals surface area (Å²) in [6, 6.07) is 18.8. The van der Waals surface area contributed by atoms with Crippen LogP contribution in [-0.2, 0) is 14.4 Å². The molecule has 0 radical (unpaired) electrons. The third kappa shape index (κ3) is 19.4. The van der Waals surface area contributed by atoms with Gasteiger partial charge in [0.1, 0.15) is 19.4 Å². The second-order valence-corrected chi connectivity index (χ2v) is 7.29. The first-order chi connectivity index (χ1) is 16.7. The van der Waals surface area contributed by atoms with E-state index in [1.54, 1.807) is 6.20 Å². The van der Waals surface area contributed by atoms with Gasteiger partial charge in [0.2, 0.25) is 0 Å². The molecule has 35 heavy (non-hydrogen) atoms. The normalized spacial score (nSPS) is 8.89. The first-order valence-electron chi connectivity index (χ1n) is 11.3. The number of carbonyl (C=O) groups excluding carboxylic acids is 3. The molecule has 1 heterocycles. The van der Waals surface area contributed by atoms with Crippen molar-refractivity contribution >= 4 is 30.8 Å². The van der Waals surface area contributed by atoms with Gasteiger partial charge in [-0.3, -0.25) is 9.98 Å². The van der Waals surface area contributed by atoms with E-state index < -0.39 is 0 Å². The summed E-state index contributed by atoms with van der Waals surface area (Å²) in [6.07, 6.45) is 3.61. The molecule has 0 fully saturated rings. The average molecular weight is 479 g/mol. The Morgan fingerprint density at radius 3 is 1.60 bits per heavy atom. The summed E-state index contributed by atoms with van der Waals surface area (Å²) in [6.45, 7) is 21.4. The van der Waals surface area contributed by atoms with Gasteiger partial charge in [-0.05, 0) is 65.7 Å². The number of nitrogens with zero attached hydrogens (tertiary/aromatic N) is 2. The van der Waals surface area contributed by atoms with Crippen molar-refractivity contribution in [3.63, 3.8) is 0 Å². The Balaban J connectivity index is -0.000000475. The molecule has 3 aromatic rings. The minimum Gasteiger partial charge on any atom is -0.307 e. The number of pyridine rings is 1. The lowest BCUT2D eigenvalue weighted by Crippen LogP contribution is -1.94. The maximum absolute atomic E-state index is 9.44. The second kappa shape index (κ2) is 23.4. The smallest absolute Gasteiger partial charge is 0.126 e. The van der Waals surface area contributed by atoms with Crippen LogP contribution in [0.5, 0.6) is 0 Å². The fourth-order valence-electron chi connectivity index (χ4n) is 2.34. The molecule has 0 aliphatic rings. The molecular formula is C30H42N2O3. The zero-order valence-electron chi connectivity index (χ0n) is 22.9. The number of rotatable bonds is 2. The van der Waals surface area contributed by atoms with E-state index in [2.05, 4.69) is 79.3 Å². The summed E-state index contributed by atoms with van der Waals surface area (Å²) >= 11 is 0. The maximum Gasteiger partial charge on any atom is 0.126 e. The molecule has 0 spiro atoms. The number of benzene rings is 2. The fraction of sp³-hybridized carbons (Fsp3) is 0.300. The molecule has 0 N–H and O–H groups in total. The summed E-state index contributed by atoms with van der Waals surface area (Å²) in [7, 11) is 0. The van der Waals surface area contributed by atoms with Crippen LogP contribution < -0.4 is 0 Å². The maximum atomic E-state index is 9.44. The molecule has 0 atom stereocenters. The van der Waals surface area contributed by atoms with Crippen LogP contribution in [0, 0.1) is 27.7 Å². The Bertz CT molecular complexity index is 954. The van der Waals surface area contributed by atoms with Gasteiger partial charge >= 0.3 is 0 Å². The number of Topliss-reactive ketones (excluding diaryl/α,β-unsaturated/α-hetero) is 1. The summed E-state index contributed by atoms with van der Waals surface area (Å²) in [5.41, 5.74) is 8.19. The molecule has 190 valence electrons. The van der Waals surface area contributed by atoms with E-state index in [-0.39, 0.29) is 5.78 Å². The van der Waals surface area contributed by atoms with Gasteiger partial charge in [-0.2, -0.15) is 0 Å². The number of aliphatic imine (C=N–C) groups is 1. The number of hydrogen-bond acceptors (Lipinski definition) is 5. The topological polar surface area (TPSA) is 76.5 Å². The summed E-state index contributed by atoms with van der Waals surface area (Å²) in [5, 5.41) is 0. The highest BCUT2D eigenvalue weighted by Crippen LogP contribution is 2.18. The molecule has 1 aromatic heterocycles. The van der Waals surface area contributed by atoms with Crippen molar-refractivity contribution in [3.05, 3.63) is 94.8 Å². The van der Waals surface area contributed by atoms with E-state index >= 15 is 0 Å². The minimum atomic E-state index is 0.167. The number of aryl methyl sites for hydroxylation is 4. The Labute approximate surface area is 212 Å². The standard InChI is InChI=1S/C15H16N2.C8H10.C3H6O.C2H6.2CH2O/c1-11-5-4-6-14(9-11)13(3)17-15-7-8-16-10-12(15)2;1-7-3-5-8(2)6-4-7;1-3(2)4;3*1-2/h4-10H,1-3H3;3-6H,1-2H3;1-2H3;1-2H3;2*1H2. The first-order valence-corrected chi connectivity index (χ1v) is 11.3. The van der Waals surface area contributed by atoms with Crippen molar-refractivity contribution in [1.82, 2.24) is 4.98 Å². The van der Waals surface area contributed by atoms with Crippen LogP contribution in [0.3, 0.4) is 0 Å². The van der Waals surface area contributed by atoms with Crippen molar-refractivity contribution in [2.75, 3.05) is 0 Å². The van der Waals surface area contributed by atoms with Crippen molar-refractivity contribution in [2.24, 2.45) is 4.99 Å². The van der Waals surface area contributed by atoms with Gasteiger partial charge in [0, 0.05) is 18.1 Å². The highest BCUT2D eigenvalue weighted by atomic mass is 16.1. The highest BCUT2D eigenvalue weighted by molar-refractivity contribution is 6.00. The number of hydrogen-bond donors (Lipinski definition) is 0. The molecule has 0 amide bonds. The fourth-order valence-corrected chi connectivity index (χ4v) is 2.34. The molecule has 5 heteroatoms. The third-order valence-electron chi connectivity index (χ3n) is 3.93. The van der Waals surface area contributed by atoms with E-state index in [9.17, 15) is 4.79 Å². The van der Waals surface area contributed by atoms with Gasteiger partial charge in [-0.25, -0.2) is 0 Å². The quantitative estimate of drug-likeness (QED) is 0.360. The molecule has 0 bridgehead atoms. The van der Waals surface area contributed by atoms with Crippen LogP contribution in [0.15, 0.2) is 72.0 Å². The minimum absolute atomic E-state index is 0.167. The predicted octanol–water partition coefficient (Wildman–Crippen LogP) is 7.39. The largest absolute Gasteiger partial charge is 0.307 e. The number of ketones is 1. The second-order valence-electron chi connectivity index (χ2n) is 7.29. The Hall–Kier alpha value is -3.73. The Morgan fingerprint density at radius 2 is 1.20 bits per heavy atom. The molecular weight excluding hydrogens is 436 g/mol. The monoisotopic (exact) mass is 478 g/mol. The molecule has 5 nitrogen and oxygen atoms in total. The summed E-state index contributed by atoms with van der Waals surface area (Å²) < 4.78 is 0. The van der Waals surface area contributed by atoms with Gasteiger partial charge in [0.15, 0.2) is 0 Å². The summed E-state index contributed by atoms with van der Waals surface area (Å²) in [4.78, 5) is 34.2. The van der Waals surface area contributed by atoms with E-state index in [1.165, 1.54) is 36.1 Å². The van der Waals surface area contributed by atoms with Crippen LogP contribution in [0.25, 0.3) is 0 Å². The molecule has 0 saturated carbocycles. The molecule has 0 saturated heterocycles. The predicted molar refractivity (Wildman–Crippen MR) is 150 cm³/mol. The SMILES string of the molecule is C=O.C=O.CC.CC(=Nc1ccncc1C)c1cccc(C)c1.CC(C)=O.Cc1ccc(C)cc1. The van der Waals surface area contributed by atoms with Gasteiger partial charge < -0.3 is 14.4 Å². The van der Waals surface area contributed by atoms with Crippen LogP contribution in [0.4, 0.5) is 5.69 Å². The lowest BCUT2D eigenvalue weighted by molar-refractivity contribution is -0.115. The number of carbonyl (C=O) groups is 3. The lowest BCUT2D eigenvalue weighted by Gasteiger charge is -2.04. The van der Waals surface area contributed by atoms with Crippen molar-refractivity contribution in [3.8, 4) is 0 Å². The third-order valence-corrected chi connectivity index (χ3v) is 3.93. The molecule has 0 aliphatic carbocycles. The van der Waals surface area contributed by atoms with Crippen LogP contribution in [-0.4, -0.2) is 30.1 Å². The average Bonchev–Trinajstić information content (AvgIpc) is 2.86. The van der Waals surface area contributed by atoms with Crippen LogP contribution >= 0.6 is 0 Å². The van der Waals surface area contributed by atoms with Gasteiger partial charge in [0.05, 0.1) is 5.69 Å². The van der Waals surface area contributed by atoms with Gasteiger partial charge in [-0.15, -0.1) is 0 Å². The highest BCUT2D eigenvalue weighted by Gasteiger charge is 2.00. The van der Waals surface area contributed by atoms with Gasteiger partial charge in [-0.1, -0.05) is 79.1 Å². The Morgan fingerprint density at radius 1 is 0.743 bits per heavy atom. The van der Waals surface area contributed by atoms with E-state index in [4.69, 9.17) is 9.59 Å². The zero-order valence-corrected chi connectivity index (χ0v) is 22.9.